The van der Waals surface area contributed by atoms with E-state index in [0.717, 1.165) is 16.9 Å². The van der Waals surface area contributed by atoms with Crippen molar-refractivity contribution < 1.29 is 33.7 Å². The van der Waals surface area contributed by atoms with Gasteiger partial charge in [0, 0.05) is 6.20 Å². The van der Waals surface area contributed by atoms with E-state index in [9.17, 15) is 19.5 Å². The minimum atomic E-state index is -1.13. The molecule has 4 heterocycles. The predicted octanol–water partition coefficient (Wildman–Crippen LogP) is 5.48. The van der Waals surface area contributed by atoms with Crippen LogP contribution in [0.1, 0.15) is 57.8 Å². The zero-order valence-corrected chi connectivity index (χ0v) is 25.9. The Morgan fingerprint density at radius 2 is 1.86 bits per heavy atom. The molecule has 1 N–H and O–H groups in total. The summed E-state index contributed by atoms with van der Waals surface area (Å²) in [6.07, 6.45) is 3.41. The van der Waals surface area contributed by atoms with Crippen LogP contribution in [0.5, 0.6) is 11.5 Å². The van der Waals surface area contributed by atoms with Gasteiger partial charge in [-0.15, -0.1) is 0 Å². The number of aliphatic hydroxyl groups excluding tert-OH is 1. The van der Waals surface area contributed by atoms with E-state index >= 15 is 0 Å². The summed E-state index contributed by atoms with van der Waals surface area (Å²) in [6.45, 7) is 13.2. The number of aromatic nitrogens is 3. The summed E-state index contributed by atoms with van der Waals surface area (Å²) in [5.74, 6) is -2.03. The van der Waals surface area contributed by atoms with Crippen LogP contribution in [0.25, 0.3) is 11.4 Å². The highest BCUT2D eigenvalue weighted by Gasteiger charge is 2.49. The third-order valence-corrected chi connectivity index (χ3v) is 8.28. The number of rotatable bonds is 10. The fraction of sp³-hybridized carbons (Fsp3) is 0.281. The van der Waals surface area contributed by atoms with Crippen LogP contribution in [0.3, 0.4) is 0 Å². The van der Waals surface area contributed by atoms with Crippen LogP contribution in [-0.4, -0.2) is 57.0 Å². The molecule has 1 unspecified atom stereocenters. The third-order valence-electron chi connectivity index (χ3n) is 7.14. The summed E-state index contributed by atoms with van der Waals surface area (Å²) in [4.78, 5) is 50.7. The highest BCUT2D eigenvalue weighted by molar-refractivity contribution is 7.17. The number of thiazole rings is 1. The van der Waals surface area contributed by atoms with E-state index in [-0.39, 0.29) is 34.5 Å². The molecule has 1 amide bonds. The number of hydrogen-bond acceptors (Lipinski definition) is 10. The largest absolute Gasteiger partial charge is 0.505 e. The second-order valence-electron chi connectivity index (χ2n) is 9.97. The van der Waals surface area contributed by atoms with Crippen molar-refractivity contribution in [1.29, 1.82) is 0 Å². The van der Waals surface area contributed by atoms with Gasteiger partial charge in [-0.3, -0.25) is 14.5 Å². The lowest BCUT2D eigenvalue weighted by molar-refractivity contribution is -0.132. The summed E-state index contributed by atoms with van der Waals surface area (Å²) < 4.78 is 18.6. The lowest BCUT2D eigenvalue weighted by Gasteiger charge is -2.24. The average Bonchev–Trinajstić information content (AvgIpc) is 3.64. The van der Waals surface area contributed by atoms with Gasteiger partial charge in [0.2, 0.25) is 0 Å². The number of anilines is 1. The fourth-order valence-corrected chi connectivity index (χ4v) is 6.11. The highest BCUT2D eigenvalue weighted by atomic mass is 32.1. The van der Waals surface area contributed by atoms with E-state index in [4.69, 9.17) is 14.2 Å². The van der Waals surface area contributed by atoms with Gasteiger partial charge >= 0.3 is 11.9 Å². The number of ether oxygens (including phenoxy) is 3. The summed E-state index contributed by atoms with van der Waals surface area (Å²) in [5.41, 5.74) is 2.85. The van der Waals surface area contributed by atoms with Gasteiger partial charge in [0.15, 0.2) is 22.4 Å². The van der Waals surface area contributed by atoms with Crippen molar-refractivity contribution >= 4 is 45.5 Å². The third kappa shape index (κ3) is 5.21. The maximum Gasteiger partial charge on any atom is 0.350 e. The van der Waals surface area contributed by atoms with E-state index in [2.05, 4.69) is 16.5 Å². The number of hydrogen-bond donors (Lipinski definition) is 1. The molecule has 0 spiro atoms. The molecule has 0 saturated carbocycles. The molecule has 0 aliphatic carbocycles. The number of carbonyl (C=O) groups is 3. The van der Waals surface area contributed by atoms with Crippen molar-refractivity contribution in [3.8, 4) is 11.5 Å². The number of nitrogens with zero attached hydrogens (tertiary/aromatic N) is 4. The minimum Gasteiger partial charge on any atom is -0.505 e. The predicted molar refractivity (Wildman–Crippen MR) is 166 cm³/mol. The topological polar surface area (TPSA) is 133 Å². The number of aryl methyl sites for hydroxylation is 3. The van der Waals surface area contributed by atoms with Crippen LogP contribution in [0.15, 0.2) is 54.8 Å². The van der Waals surface area contributed by atoms with E-state index in [1.165, 1.54) is 4.90 Å². The number of fused-ring (bicyclic) bond motifs is 1. The molecule has 1 aromatic carbocycles. The molecule has 44 heavy (non-hydrogen) atoms. The first-order valence-corrected chi connectivity index (χ1v) is 14.8. The van der Waals surface area contributed by atoms with Crippen molar-refractivity contribution in [2.45, 2.75) is 40.7 Å². The molecule has 1 saturated heterocycles. The summed E-state index contributed by atoms with van der Waals surface area (Å²) in [5, 5.41) is 11.9. The molecule has 1 aliphatic rings. The Bertz CT molecular complexity index is 1840. The van der Waals surface area contributed by atoms with E-state index in [1.54, 1.807) is 45.0 Å². The summed E-state index contributed by atoms with van der Waals surface area (Å²) >= 11 is 0.932. The normalized spacial score (nSPS) is 16.0. The fourth-order valence-electron chi connectivity index (χ4n) is 5.12. The van der Waals surface area contributed by atoms with E-state index in [1.807, 2.05) is 36.6 Å². The number of pyridine rings is 1. The van der Waals surface area contributed by atoms with Crippen molar-refractivity contribution in [3.05, 3.63) is 87.8 Å². The maximum atomic E-state index is 13.8. The van der Waals surface area contributed by atoms with Crippen LogP contribution < -0.4 is 14.4 Å². The van der Waals surface area contributed by atoms with Crippen LogP contribution in [-0.2, 0) is 14.3 Å². The van der Waals surface area contributed by atoms with Gasteiger partial charge in [-0.1, -0.05) is 36.1 Å². The van der Waals surface area contributed by atoms with Crippen molar-refractivity contribution in [2.24, 2.45) is 0 Å². The molecule has 0 bridgehead atoms. The number of imidazole rings is 1. The number of aliphatic hydroxyl groups is 1. The van der Waals surface area contributed by atoms with E-state index < -0.39 is 29.5 Å². The van der Waals surface area contributed by atoms with Gasteiger partial charge in [0.05, 0.1) is 36.2 Å². The molecule has 3 aromatic heterocycles. The standard InChI is InChI=1S/C32H32N4O7S/c1-7-15-43-21-13-12-20(16-22(21)41-8-2)25-23(26(37)24-19(6)35-14-10-11-17(4)29(35)34-24)27(38)30(39)36(25)32-33-18(5)28(44-32)31(40)42-9-3/h7,10-14,16,25,37H,1,8-9,15H2,2-6H3. The molecule has 1 fully saturated rings. The van der Waals surface area contributed by atoms with Gasteiger partial charge in [-0.05, 0) is 63.9 Å². The Morgan fingerprint density at radius 3 is 2.55 bits per heavy atom. The monoisotopic (exact) mass is 616 g/mol. The van der Waals surface area contributed by atoms with Crippen molar-refractivity contribution in [1.82, 2.24) is 14.4 Å². The molecule has 0 radical (unpaired) electrons. The van der Waals surface area contributed by atoms with Gasteiger partial charge in [-0.2, -0.15) is 0 Å². The van der Waals surface area contributed by atoms with Crippen LogP contribution >= 0.6 is 11.3 Å². The first-order chi connectivity index (χ1) is 21.1. The van der Waals surface area contributed by atoms with Gasteiger partial charge < -0.3 is 23.7 Å². The molecule has 1 aliphatic heterocycles. The van der Waals surface area contributed by atoms with Crippen molar-refractivity contribution in [3.63, 3.8) is 0 Å². The van der Waals surface area contributed by atoms with Crippen LogP contribution in [0.4, 0.5) is 5.13 Å². The molecule has 1 atom stereocenters. The van der Waals surface area contributed by atoms with Gasteiger partial charge in [0.1, 0.15) is 22.8 Å². The highest BCUT2D eigenvalue weighted by Crippen LogP contribution is 2.46. The number of Topliss-reactive ketones (excluding diaryl/α,β-unsaturated/α-hetero) is 1. The van der Waals surface area contributed by atoms with Crippen LogP contribution in [0, 0.1) is 20.8 Å². The number of amides is 1. The summed E-state index contributed by atoms with van der Waals surface area (Å²) in [7, 11) is 0. The summed E-state index contributed by atoms with van der Waals surface area (Å²) in [6, 6.07) is 7.63. The molecular formula is C32H32N4O7S. The Labute approximate surface area is 258 Å². The van der Waals surface area contributed by atoms with Gasteiger partial charge in [-0.25, -0.2) is 14.8 Å². The molecule has 4 aromatic rings. The first-order valence-electron chi connectivity index (χ1n) is 14.0. The zero-order valence-electron chi connectivity index (χ0n) is 25.0. The number of carbonyl (C=O) groups excluding carboxylic acids is 3. The second kappa shape index (κ2) is 12.3. The van der Waals surface area contributed by atoms with E-state index in [0.29, 0.717) is 40.7 Å². The molecule has 11 nitrogen and oxygen atoms in total. The van der Waals surface area contributed by atoms with Gasteiger partial charge in [0.25, 0.3) is 5.78 Å². The maximum absolute atomic E-state index is 13.8. The molecular weight excluding hydrogens is 584 g/mol. The minimum absolute atomic E-state index is 0.101. The lowest BCUT2D eigenvalue weighted by atomic mass is 9.96. The Morgan fingerprint density at radius 1 is 1.09 bits per heavy atom. The lowest BCUT2D eigenvalue weighted by Crippen LogP contribution is -2.29. The van der Waals surface area contributed by atoms with Crippen LogP contribution in [0.2, 0.25) is 0 Å². The molecule has 5 rings (SSSR count). The number of benzene rings is 1. The molecule has 12 heteroatoms. The Hall–Kier alpha value is -4.97. The zero-order chi connectivity index (χ0) is 31.7. The first kappa shape index (κ1) is 30.5. The second-order valence-corrected chi connectivity index (χ2v) is 10.9. The smallest absolute Gasteiger partial charge is 0.350 e. The number of esters is 1. The SMILES string of the molecule is C=CCOc1ccc(C2C(=C(O)c3nc4c(C)cccn4c3C)C(=O)C(=O)N2c2nc(C)c(C(=O)OCC)s2)cc1OCC. The average molecular weight is 617 g/mol. The Balaban J connectivity index is 1.75. The quantitative estimate of drug-likeness (QED) is 0.0808. The molecule has 228 valence electrons. The Kier molecular flexibility index (Phi) is 8.54. The van der Waals surface area contributed by atoms with Crippen molar-refractivity contribution in [2.75, 3.05) is 24.7 Å². The number of ketones is 1.